The highest BCUT2D eigenvalue weighted by molar-refractivity contribution is 8.13. The van der Waals surface area contributed by atoms with Gasteiger partial charge in [-0.15, -0.1) is 0 Å². The number of carbonyl (C=O) groups is 1. The van der Waals surface area contributed by atoms with Crippen molar-refractivity contribution < 1.29 is 13.2 Å². The van der Waals surface area contributed by atoms with Crippen LogP contribution >= 0.6 is 10.7 Å². The van der Waals surface area contributed by atoms with Crippen molar-refractivity contribution in [3.8, 4) is 0 Å². The summed E-state index contributed by atoms with van der Waals surface area (Å²) in [4.78, 5) is 13.7. The van der Waals surface area contributed by atoms with Gasteiger partial charge < -0.3 is 4.90 Å². The lowest BCUT2D eigenvalue weighted by molar-refractivity contribution is 0.0794. The fraction of sp³-hybridized carbons (Fsp3) is 0.417. The van der Waals surface area contributed by atoms with Crippen molar-refractivity contribution in [3.63, 3.8) is 0 Å². The summed E-state index contributed by atoms with van der Waals surface area (Å²) in [5.41, 5.74) is 1.10. The van der Waals surface area contributed by atoms with Crippen molar-refractivity contribution >= 4 is 25.6 Å². The van der Waals surface area contributed by atoms with Gasteiger partial charge in [-0.05, 0) is 37.1 Å². The number of hydrogen-bond donors (Lipinski definition) is 0. The van der Waals surface area contributed by atoms with Crippen LogP contribution in [-0.4, -0.2) is 32.8 Å². The number of halogens is 1. The number of nitrogens with zero attached hydrogens (tertiary/aromatic N) is 1. The lowest BCUT2D eigenvalue weighted by Gasteiger charge is -2.17. The van der Waals surface area contributed by atoms with E-state index >= 15 is 0 Å². The molecule has 6 heteroatoms. The minimum Gasteiger partial charge on any atom is -0.342 e. The van der Waals surface area contributed by atoms with Crippen LogP contribution in [0.1, 0.15) is 29.3 Å². The molecule has 0 fully saturated rings. The minimum atomic E-state index is -3.75. The summed E-state index contributed by atoms with van der Waals surface area (Å²) in [7, 11) is 3.22. The van der Waals surface area contributed by atoms with Crippen molar-refractivity contribution in [2.24, 2.45) is 0 Å². The molecule has 1 amide bonds. The predicted molar refractivity (Wildman–Crippen MR) is 71.5 cm³/mol. The van der Waals surface area contributed by atoms with Crippen molar-refractivity contribution in [2.45, 2.75) is 25.2 Å². The molecular formula is C12H16ClNO3S. The number of aryl methyl sites for hydroxylation is 1. The molecule has 0 saturated carbocycles. The fourth-order valence-electron chi connectivity index (χ4n) is 1.67. The number of hydrogen-bond acceptors (Lipinski definition) is 3. The second kappa shape index (κ2) is 5.71. The first-order chi connectivity index (χ1) is 8.27. The molecule has 1 aromatic rings. The van der Waals surface area contributed by atoms with E-state index in [0.29, 0.717) is 17.7 Å². The van der Waals surface area contributed by atoms with E-state index in [1.165, 1.54) is 18.2 Å². The highest BCUT2D eigenvalue weighted by Crippen LogP contribution is 2.19. The number of carbonyl (C=O) groups excluding carboxylic acids is 1. The second-order valence-corrected chi connectivity index (χ2v) is 6.71. The fourth-order valence-corrected chi connectivity index (χ4v) is 2.51. The van der Waals surface area contributed by atoms with Gasteiger partial charge in [0.25, 0.3) is 15.0 Å². The Morgan fingerprint density at radius 2 is 2.00 bits per heavy atom. The minimum absolute atomic E-state index is 0.0105. The smallest absolute Gasteiger partial charge is 0.261 e. The largest absolute Gasteiger partial charge is 0.342 e. The summed E-state index contributed by atoms with van der Waals surface area (Å²) in [5, 5.41) is 0. The maximum Gasteiger partial charge on any atom is 0.261 e. The molecule has 0 bridgehead atoms. The zero-order valence-electron chi connectivity index (χ0n) is 10.6. The summed E-state index contributed by atoms with van der Waals surface area (Å²) in [5.74, 6) is -0.118. The molecule has 0 radical (unpaired) electrons. The first-order valence-electron chi connectivity index (χ1n) is 5.58. The van der Waals surface area contributed by atoms with E-state index in [1.807, 2.05) is 6.92 Å². The molecule has 1 aromatic carbocycles. The Hall–Kier alpha value is -1.07. The molecule has 1 rings (SSSR count). The normalized spacial score (nSPS) is 11.3. The van der Waals surface area contributed by atoms with Gasteiger partial charge in [-0.3, -0.25) is 4.79 Å². The standard InChI is InChI=1S/C12H16ClNO3S/c1-4-7-14(3)12(15)11-6-5-10(8-9(11)2)18(13,16)17/h5-6,8H,4,7H2,1-3H3. The molecule has 0 aliphatic carbocycles. The monoisotopic (exact) mass is 289 g/mol. The molecule has 0 aromatic heterocycles. The van der Waals surface area contributed by atoms with Crippen LogP contribution in [-0.2, 0) is 9.05 Å². The molecule has 100 valence electrons. The van der Waals surface area contributed by atoms with Crippen LogP contribution in [0.25, 0.3) is 0 Å². The maximum atomic E-state index is 12.1. The van der Waals surface area contributed by atoms with Gasteiger partial charge in [0.05, 0.1) is 4.90 Å². The molecule has 0 saturated heterocycles. The van der Waals surface area contributed by atoms with E-state index in [4.69, 9.17) is 10.7 Å². The number of amides is 1. The molecule has 0 unspecified atom stereocenters. The first-order valence-corrected chi connectivity index (χ1v) is 7.89. The predicted octanol–water partition coefficient (Wildman–Crippen LogP) is 2.40. The van der Waals surface area contributed by atoms with Crippen molar-refractivity contribution in [2.75, 3.05) is 13.6 Å². The van der Waals surface area contributed by atoms with Gasteiger partial charge in [0.15, 0.2) is 0 Å². The third-order valence-corrected chi connectivity index (χ3v) is 3.97. The number of benzene rings is 1. The van der Waals surface area contributed by atoms with Crippen LogP contribution in [0, 0.1) is 6.92 Å². The van der Waals surface area contributed by atoms with E-state index in [-0.39, 0.29) is 10.8 Å². The Morgan fingerprint density at radius 1 is 1.39 bits per heavy atom. The Balaban J connectivity index is 3.10. The van der Waals surface area contributed by atoms with Crippen molar-refractivity contribution in [3.05, 3.63) is 29.3 Å². The topological polar surface area (TPSA) is 54.5 Å². The molecule has 4 nitrogen and oxygen atoms in total. The first kappa shape index (κ1) is 15.0. The van der Waals surface area contributed by atoms with Crippen LogP contribution in [0.5, 0.6) is 0 Å². The lowest BCUT2D eigenvalue weighted by atomic mass is 10.1. The molecule has 0 N–H and O–H groups in total. The summed E-state index contributed by atoms with van der Waals surface area (Å²) in [6, 6.07) is 4.26. The highest BCUT2D eigenvalue weighted by Gasteiger charge is 2.16. The zero-order chi connectivity index (χ0) is 13.9. The third-order valence-electron chi connectivity index (χ3n) is 2.62. The van der Waals surface area contributed by atoms with Crippen LogP contribution in [0.4, 0.5) is 0 Å². The quantitative estimate of drug-likeness (QED) is 0.800. The van der Waals surface area contributed by atoms with Gasteiger partial charge in [-0.25, -0.2) is 8.42 Å². The van der Waals surface area contributed by atoms with Gasteiger partial charge in [0, 0.05) is 29.8 Å². The highest BCUT2D eigenvalue weighted by atomic mass is 35.7. The Morgan fingerprint density at radius 3 is 2.44 bits per heavy atom. The average molecular weight is 290 g/mol. The molecule has 0 heterocycles. The Bertz CT molecular complexity index is 554. The van der Waals surface area contributed by atoms with Gasteiger partial charge >= 0.3 is 0 Å². The molecule has 0 aliphatic heterocycles. The van der Waals surface area contributed by atoms with Crippen molar-refractivity contribution in [1.29, 1.82) is 0 Å². The van der Waals surface area contributed by atoms with E-state index in [0.717, 1.165) is 6.42 Å². The maximum absolute atomic E-state index is 12.1. The van der Waals surface area contributed by atoms with E-state index in [1.54, 1.807) is 18.9 Å². The van der Waals surface area contributed by atoms with E-state index < -0.39 is 9.05 Å². The molecule has 0 aliphatic rings. The Labute approximate surface area is 112 Å². The molecular weight excluding hydrogens is 274 g/mol. The van der Waals surface area contributed by atoms with E-state index in [2.05, 4.69) is 0 Å². The third kappa shape index (κ3) is 3.46. The molecule has 18 heavy (non-hydrogen) atoms. The summed E-state index contributed by atoms with van der Waals surface area (Å²) >= 11 is 0. The van der Waals surface area contributed by atoms with Gasteiger partial charge in [-0.2, -0.15) is 0 Å². The summed E-state index contributed by atoms with van der Waals surface area (Å²) in [6.07, 6.45) is 0.870. The van der Waals surface area contributed by atoms with E-state index in [9.17, 15) is 13.2 Å². The van der Waals surface area contributed by atoms with Crippen LogP contribution in [0.15, 0.2) is 23.1 Å². The average Bonchev–Trinajstić information content (AvgIpc) is 2.27. The second-order valence-electron chi connectivity index (χ2n) is 4.14. The summed E-state index contributed by atoms with van der Waals surface area (Å²) in [6.45, 7) is 4.34. The van der Waals surface area contributed by atoms with Crippen LogP contribution < -0.4 is 0 Å². The number of rotatable bonds is 4. The van der Waals surface area contributed by atoms with Crippen molar-refractivity contribution in [1.82, 2.24) is 4.90 Å². The van der Waals surface area contributed by atoms with Crippen LogP contribution in [0.2, 0.25) is 0 Å². The lowest BCUT2D eigenvalue weighted by Crippen LogP contribution is -2.28. The molecule has 0 spiro atoms. The molecule has 0 atom stereocenters. The van der Waals surface area contributed by atoms with Gasteiger partial charge in [-0.1, -0.05) is 6.92 Å². The van der Waals surface area contributed by atoms with Crippen LogP contribution in [0.3, 0.4) is 0 Å². The summed E-state index contributed by atoms with van der Waals surface area (Å²) < 4.78 is 22.3. The van der Waals surface area contributed by atoms with Gasteiger partial charge in [0.1, 0.15) is 0 Å². The SMILES string of the molecule is CCCN(C)C(=O)c1ccc(S(=O)(=O)Cl)cc1C. The van der Waals surface area contributed by atoms with Gasteiger partial charge in [0.2, 0.25) is 0 Å². The zero-order valence-corrected chi connectivity index (χ0v) is 12.2. The Kier molecular flexibility index (Phi) is 4.76.